The Labute approximate surface area is 142 Å². The second kappa shape index (κ2) is 6.70. The summed E-state index contributed by atoms with van der Waals surface area (Å²) in [7, 11) is -1.01. The molecule has 0 unspecified atom stereocenters. The summed E-state index contributed by atoms with van der Waals surface area (Å²) < 4.78 is 40.5. The van der Waals surface area contributed by atoms with Crippen molar-refractivity contribution < 1.29 is 26.9 Å². The fourth-order valence-electron chi connectivity index (χ4n) is 2.07. The van der Waals surface area contributed by atoms with Crippen molar-refractivity contribution in [2.45, 2.75) is 0 Å². The van der Waals surface area contributed by atoms with E-state index in [1.54, 1.807) is 6.07 Å². The van der Waals surface area contributed by atoms with Gasteiger partial charge in [-0.05, 0) is 18.2 Å². The van der Waals surface area contributed by atoms with Crippen molar-refractivity contribution in [3.8, 4) is 17.6 Å². The molecule has 1 heterocycles. The van der Waals surface area contributed by atoms with Crippen molar-refractivity contribution in [1.29, 1.82) is 5.26 Å². The van der Waals surface area contributed by atoms with Crippen LogP contribution in [0.2, 0.25) is 0 Å². The molecule has 0 saturated carbocycles. The van der Waals surface area contributed by atoms with E-state index in [0.717, 1.165) is 11.7 Å². The van der Waals surface area contributed by atoms with Crippen LogP contribution in [0.3, 0.4) is 0 Å². The number of nitriles is 1. The minimum atomic E-state index is -4.65. The number of benzene rings is 1. The Balaban J connectivity index is 2.77. The molecule has 0 bridgehead atoms. The number of nitrogens with zero attached hydrogens (tertiary/aromatic N) is 2. The van der Waals surface area contributed by atoms with Gasteiger partial charge in [0.05, 0.1) is 19.6 Å². The zero-order valence-corrected chi connectivity index (χ0v) is 14.2. The van der Waals surface area contributed by atoms with Crippen molar-refractivity contribution in [3.63, 3.8) is 0 Å². The Morgan fingerprint density at radius 2 is 1.96 bits per heavy atom. The Kier molecular flexibility index (Phi) is 4.84. The Bertz CT molecular complexity index is 1050. The molecule has 25 heavy (non-hydrogen) atoms. The number of nitrogens with one attached hydrogen (secondary N) is 1. The number of aromatic nitrogens is 1. The number of hydrogen-bond donors (Lipinski definition) is 1. The largest absolute Gasteiger partial charge is 0.497 e. The van der Waals surface area contributed by atoms with Crippen molar-refractivity contribution >= 4 is 27.2 Å². The van der Waals surface area contributed by atoms with Crippen LogP contribution in [0.4, 0.5) is 4.79 Å². The van der Waals surface area contributed by atoms with Gasteiger partial charge in [0.2, 0.25) is 0 Å². The molecule has 0 spiro atoms. The van der Waals surface area contributed by atoms with Gasteiger partial charge in [-0.15, -0.1) is 0 Å². The molecule has 0 radical (unpaired) electrons. The minimum absolute atomic E-state index is 0.0363. The van der Waals surface area contributed by atoms with E-state index in [2.05, 4.69) is 4.74 Å². The van der Waals surface area contributed by atoms with Crippen LogP contribution < -0.4 is 19.2 Å². The number of carbonyl (C=O) groups is 1. The summed E-state index contributed by atoms with van der Waals surface area (Å²) in [6.07, 6.45) is -1.27. The average Bonchev–Trinajstić information content (AvgIpc) is 2.58. The summed E-state index contributed by atoms with van der Waals surface area (Å²) >= 11 is 0. The van der Waals surface area contributed by atoms with E-state index in [4.69, 9.17) is 8.92 Å². The van der Waals surface area contributed by atoms with Crippen LogP contribution in [0.5, 0.6) is 11.5 Å². The molecule has 1 amide bonds. The second-order valence-electron chi connectivity index (χ2n) is 4.70. The van der Waals surface area contributed by atoms with Crippen molar-refractivity contribution in [2.24, 2.45) is 7.05 Å². The van der Waals surface area contributed by atoms with Gasteiger partial charge in [-0.3, -0.25) is 9.36 Å². The van der Waals surface area contributed by atoms with Gasteiger partial charge in [-0.25, -0.2) is 4.79 Å². The molecule has 1 aromatic heterocycles. The summed E-state index contributed by atoms with van der Waals surface area (Å²) in [6.45, 7) is 0. The molecule has 1 aromatic carbocycles. The van der Waals surface area contributed by atoms with E-state index in [-0.39, 0.29) is 16.5 Å². The number of ether oxygens (including phenoxy) is 2. The second-order valence-corrected chi connectivity index (χ2v) is 5.98. The van der Waals surface area contributed by atoms with E-state index < -0.39 is 27.7 Å². The Hall–Kier alpha value is -3.26. The van der Waals surface area contributed by atoms with Gasteiger partial charge in [0.25, 0.3) is 5.56 Å². The van der Waals surface area contributed by atoms with Crippen molar-refractivity contribution in [3.05, 3.63) is 34.2 Å². The molecule has 0 saturated heterocycles. The SMILES string of the molecule is COC(=O)NS(=O)(=O)Oc1c(C#N)n(C)c(=O)c2ccc(OC)cc12. The summed E-state index contributed by atoms with van der Waals surface area (Å²) in [4.78, 5) is 23.5. The molecular weight excluding hydrogens is 354 g/mol. The maximum atomic E-state index is 12.3. The third-order valence-electron chi connectivity index (χ3n) is 3.25. The molecular formula is C14H13N3O7S. The topological polar surface area (TPSA) is 137 Å². The summed E-state index contributed by atoms with van der Waals surface area (Å²) in [5, 5.41) is 9.45. The van der Waals surface area contributed by atoms with Crippen LogP contribution in [-0.4, -0.2) is 33.3 Å². The van der Waals surface area contributed by atoms with Crippen LogP contribution in [-0.2, 0) is 22.1 Å². The first kappa shape index (κ1) is 18.1. The quantitative estimate of drug-likeness (QED) is 0.820. The lowest BCUT2D eigenvalue weighted by molar-refractivity contribution is 0.177. The average molecular weight is 367 g/mol. The molecule has 132 valence electrons. The van der Waals surface area contributed by atoms with Gasteiger partial charge in [0.1, 0.15) is 11.8 Å². The lowest BCUT2D eigenvalue weighted by atomic mass is 10.1. The maximum absolute atomic E-state index is 12.3. The summed E-state index contributed by atoms with van der Waals surface area (Å²) in [6, 6.07) is 5.97. The number of fused-ring (bicyclic) bond motifs is 1. The highest BCUT2D eigenvalue weighted by atomic mass is 32.2. The highest BCUT2D eigenvalue weighted by Crippen LogP contribution is 2.31. The zero-order valence-electron chi connectivity index (χ0n) is 13.4. The molecule has 10 nitrogen and oxygen atoms in total. The monoisotopic (exact) mass is 367 g/mol. The van der Waals surface area contributed by atoms with Crippen molar-refractivity contribution in [2.75, 3.05) is 14.2 Å². The fourth-order valence-corrected chi connectivity index (χ4v) is 2.79. The molecule has 0 aliphatic heterocycles. The highest BCUT2D eigenvalue weighted by Gasteiger charge is 2.24. The molecule has 0 aliphatic rings. The molecule has 2 rings (SSSR count). The highest BCUT2D eigenvalue weighted by molar-refractivity contribution is 7.85. The molecule has 0 aliphatic carbocycles. The zero-order chi connectivity index (χ0) is 18.8. The minimum Gasteiger partial charge on any atom is -0.497 e. The normalized spacial score (nSPS) is 10.8. The van der Waals surface area contributed by atoms with E-state index in [1.165, 1.54) is 37.1 Å². The lowest BCUT2D eigenvalue weighted by Gasteiger charge is -2.14. The number of rotatable bonds is 4. The van der Waals surface area contributed by atoms with Crippen LogP contribution in [0.25, 0.3) is 10.8 Å². The molecule has 11 heteroatoms. The third-order valence-corrected chi connectivity index (χ3v) is 4.05. The van der Waals surface area contributed by atoms with E-state index in [9.17, 15) is 23.3 Å². The van der Waals surface area contributed by atoms with Crippen LogP contribution in [0, 0.1) is 11.3 Å². The molecule has 2 aromatic rings. The van der Waals surface area contributed by atoms with Gasteiger partial charge >= 0.3 is 16.4 Å². The van der Waals surface area contributed by atoms with Gasteiger partial charge in [0.15, 0.2) is 11.4 Å². The van der Waals surface area contributed by atoms with Crippen molar-refractivity contribution in [1.82, 2.24) is 9.29 Å². The first-order chi connectivity index (χ1) is 11.7. The van der Waals surface area contributed by atoms with E-state index in [0.29, 0.717) is 5.75 Å². The number of pyridine rings is 1. The number of methoxy groups -OCH3 is 2. The number of amides is 1. The Morgan fingerprint density at radius 1 is 1.28 bits per heavy atom. The summed E-state index contributed by atoms with van der Waals surface area (Å²) in [5.41, 5.74) is -0.874. The number of hydrogen-bond acceptors (Lipinski definition) is 8. The first-order valence-corrected chi connectivity index (χ1v) is 8.06. The maximum Gasteiger partial charge on any atom is 0.423 e. The predicted molar refractivity (Wildman–Crippen MR) is 85.5 cm³/mol. The van der Waals surface area contributed by atoms with Crippen LogP contribution in [0.1, 0.15) is 5.69 Å². The smallest absolute Gasteiger partial charge is 0.423 e. The number of carbonyl (C=O) groups excluding carboxylic acids is 1. The molecule has 1 N–H and O–H groups in total. The standard InChI is InChI=1S/C14H13N3O7S/c1-17-11(7-15)12(24-25(20,21)16-14(19)23-3)10-6-8(22-2)4-5-9(10)13(17)18/h4-6H,1-3H3,(H,16,19). The van der Waals surface area contributed by atoms with Gasteiger partial charge in [-0.2, -0.15) is 18.4 Å². The molecule has 0 fully saturated rings. The third kappa shape index (κ3) is 3.48. The lowest BCUT2D eigenvalue weighted by Crippen LogP contribution is -2.34. The van der Waals surface area contributed by atoms with Crippen LogP contribution in [0.15, 0.2) is 23.0 Å². The van der Waals surface area contributed by atoms with E-state index in [1.807, 2.05) is 0 Å². The molecule has 0 atom stereocenters. The predicted octanol–water partition coefficient (Wildman–Crippen LogP) is 0.398. The van der Waals surface area contributed by atoms with E-state index >= 15 is 0 Å². The fraction of sp³-hybridized carbons (Fsp3) is 0.214. The first-order valence-electron chi connectivity index (χ1n) is 6.65. The van der Waals surface area contributed by atoms with Crippen LogP contribution >= 0.6 is 0 Å². The van der Waals surface area contributed by atoms with Gasteiger partial charge in [0, 0.05) is 12.4 Å². The Morgan fingerprint density at radius 3 is 2.52 bits per heavy atom. The van der Waals surface area contributed by atoms with Gasteiger partial charge < -0.3 is 13.7 Å². The summed E-state index contributed by atoms with van der Waals surface area (Å²) in [5.74, 6) is -0.109. The van der Waals surface area contributed by atoms with Gasteiger partial charge in [-0.1, -0.05) is 0 Å².